The Bertz CT molecular complexity index is 494. The van der Waals surface area contributed by atoms with E-state index >= 15 is 0 Å². The molecule has 4 nitrogen and oxygen atoms in total. The highest BCUT2D eigenvalue weighted by Crippen LogP contribution is 2.04. The van der Waals surface area contributed by atoms with Crippen LogP contribution >= 0.6 is 0 Å². The van der Waals surface area contributed by atoms with Gasteiger partial charge in [0.15, 0.2) is 0 Å². The number of nitrogens with one attached hydrogen (secondary N) is 1. The lowest BCUT2D eigenvalue weighted by atomic mass is 10.2. The summed E-state index contributed by atoms with van der Waals surface area (Å²) in [6.45, 7) is 2.72. The van der Waals surface area contributed by atoms with E-state index in [1.807, 2.05) is 66.5 Å². The summed E-state index contributed by atoms with van der Waals surface area (Å²) >= 11 is 0. The van der Waals surface area contributed by atoms with Crippen molar-refractivity contribution in [1.29, 1.82) is 0 Å². The van der Waals surface area contributed by atoms with Crippen LogP contribution in [0.5, 0.6) is 0 Å². The number of aromatic nitrogens is 1. The number of esters is 1. The SMILES string of the molecule is CC(CNn1cccc1)C(=O)OCc1ccccc1. The fraction of sp³-hybridized carbons (Fsp3) is 0.267. The van der Waals surface area contributed by atoms with Crippen LogP contribution in [0.2, 0.25) is 0 Å². The van der Waals surface area contributed by atoms with Gasteiger partial charge in [-0.25, -0.2) is 0 Å². The third-order valence-electron chi connectivity index (χ3n) is 2.81. The standard InChI is InChI=1S/C15H18N2O2/c1-13(11-16-17-9-5-6-10-17)15(18)19-12-14-7-3-2-4-8-14/h2-10,13,16H,11-12H2,1H3. The topological polar surface area (TPSA) is 43.3 Å². The molecule has 0 saturated carbocycles. The van der Waals surface area contributed by atoms with Gasteiger partial charge in [-0.3, -0.25) is 9.47 Å². The lowest BCUT2D eigenvalue weighted by Crippen LogP contribution is -2.26. The van der Waals surface area contributed by atoms with E-state index in [2.05, 4.69) is 5.43 Å². The molecule has 1 N–H and O–H groups in total. The lowest BCUT2D eigenvalue weighted by Gasteiger charge is -2.13. The normalized spacial score (nSPS) is 11.8. The molecule has 2 rings (SSSR count). The number of ether oxygens (including phenoxy) is 1. The molecule has 0 saturated heterocycles. The van der Waals surface area contributed by atoms with Crippen molar-refractivity contribution in [2.45, 2.75) is 13.5 Å². The first-order valence-electron chi connectivity index (χ1n) is 6.33. The van der Waals surface area contributed by atoms with Crippen LogP contribution in [0.1, 0.15) is 12.5 Å². The number of hydrogen-bond acceptors (Lipinski definition) is 3. The summed E-state index contributed by atoms with van der Waals surface area (Å²) in [6.07, 6.45) is 3.78. The highest BCUT2D eigenvalue weighted by Gasteiger charge is 2.14. The maximum absolute atomic E-state index is 11.8. The first-order valence-corrected chi connectivity index (χ1v) is 6.33. The fourth-order valence-corrected chi connectivity index (χ4v) is 1.64. The second-order valence-corrected chi connectivity index (χ2v) is 4.45. The van der Waals surface area contributed by atoms with Gasteiger partial charge in [-0.15, -0.1) is 0 Å². The van der Waals surface area contributed by atoms with Gasteiger partial charge < -0.3 is 10.2 Å². The number of carbonyl (C=O) groups is 1. The lowest BCUT2D eigenvalue weighted by molar-refractivity contribution is -0.148. The van der Waals surface area contributed by atoms with Gasteiger partial charge >= 0.3 is 5.97 Å². The van der Waals surface area contributed by atoms with E-state index in [4.69, 9.17) is 4.74 Å². The molecular formula is C15H18N2O2. The highest BCUT2D eigenvalue weighted by molar-refractivity contribution is 5.72. The van der Waals surface area contributed by atoms with Crippen LogP contribution in [-0.2, 0) is 16.1 Å². The minimum atomic E-state index is -0.191. The van der Waals surface area contributed by atoms with Crippen LogP contribution in [0, 0.1) is 5.92 Å². The van der Waals surface area contributed by atoms with Crippen molar-refractivity contribution in [3.05, 3.63) is 60.4 Å². The van der Waals surface area contributed by atoms with Gasteiger partial charge in [0.1, 0.15) is 6.61 Å². The molecule has 0 aliphatic carbocycles. The third-order valence-corrected chi connectivity index (χ3v) is 2.81. The average Bonchev–Trinajstić information content (AvgIpc) is 2.96. The minimum Gasteiger partial charge on any atom is -0.461 e. The molecule has 0 amide bonds. The number of benzene rings is 1. The van der Waals surface area contributed by atoms with Crippen molar-refractivity contribution in [2.24, 2.45) is 5.92 Å². The molecule has 0 bridgehead atoms. The summed E-state index contributed by atoms with van der Waals surface area (Å²) < 4.78 is 7.09. The van der Waals surface area contributed by atoms with Gasteiger partial charge in [0.2, 0.25) is 0 Å². The minimum absolute atomic E-state index is 0.189. The van der Waals surface area contributed by atoms with Crippen molar-refractivity contribution in [1.82, 2.24) is 4.68 Å². The van der Waals surface area contributed by atoms with Gasteiger partial charge in [-0.1, -0.05) is 37.3 Å². The van der Waals surface area contributed by atoms with E-state index < -0.39 is 0 Å². The molecule has 0 aliphatic rings. The van der Waals surface area contributed by atoms with Crippen LogP contribution in [0.4, 0.5) is 0 Å². The number of rotatable bonds is 6. The number of nitrogens with zero attached hydrogens (tertiary/aromatic N) is 1. The molecule has 1 aromatic carbocycles. The van der Waals surface area contributed by atoms with Crippen LogP contribution in [-0.4, -0.2) is 17.2 Å². The smallest absolute Gasteiger partial charge is 0.310 e. The van der Waals surface area contributed by atoms with Crippen molar-refractivity contribution >= 4 is 5.97 Å². The second kappa shape index (κ2) is 6.64. The first kappa shape index (κ1) is 13.2. The van der Waals surface area contributed by atoms with Crippen LogP contribution < -0.4 is 5.43 Å². The van der Waals surface area contributed by atoms with Crippen molar-refractivity contribution in [3.8, 4) is 0 Å². The molecule has 0 spiro atoms. The average molecular weight is 258 g/mol. The summed E-state index contributed by atoms with van der Waals surface area (Å²) in [5.74, 6) is -0.380. The summed E-state index contributed by atoms with van der Waals surface area (Å²) in [5.41, 5.74) is 4.12. The molecule has 0 radical (unpaired) electrons. The van der Waals surface area contributed by atoms with Crippen molar-refractivity contribution < 1.29 is 9.53 Å². The highest BCUT2D eigenvalue weighted by atomic mass is 16.5. The molecule has 0 aliphatic heterocycles. The van der Waals surface area contributed by atoms with E-state index in [0.717, 1.165) is 5.56 Å². The Hall–Kier alpha value is -2.23. The fourth-order valence-electron chi connectivity index (χ4n) is 1.64. The molecule has 1 aromatic heterocycles. The van der Waals surface area contributed by atoms with Crippen molar-refractivity contribution in [2.75, 3.05) is 12.0 Å². The summed E-state index contributed by atoms with van der Waals surface area (Å²) in [5, 5.41) is 0. The predicted octanol–water partition coefficient (Wildman–Crippen LogP) is 2.41. The molecule has 4 heteroatoms. The molecule has 1 unspecified atom stereocenters. The number of carbonyl (C=O) groups excluding carboxylic acids is 1. The third kappa shape index (κ3) is 4.17. The van der Waals surface area contributed by atoms with E-state index in [1.165, 1.54) is 0 Å². The monoisotopic (exact) mass is 258 g/mol. The van der Waals surface area contributed by atoms with Crippen LogP contribution in [0.25, 0.3) is 0 Å². The summed E-state index contributed by atoms with van der Waals surface area (Å²) in [4.78, 5) is 11.8. The van der Waals surface area contributed by atoms with E-state index in [-0.39, 0.29) is 11.9 Å². The Kier molecular flexibility index (Phi) is 4.61. The van der Waals surface area contributed by atoms with Gasteiger partial charge in [0, 0.05) is 18.9 Å². The Balaban J connectivity index is 1.73. The van der Waals surface area contributed by atoms with Crippen molar-refractivity contribution in [3.63, 3.8) is 0 Å². The second-order valence-electron chi connectivity index (χ2n) is 4.45. The molecule has 2 aromatic rings. The van der Waals surface area contributed by atoms with E-state index in [1.54, 1.807) is 0 Å². The molecule has 100 valence electrons. The van der Waals surface area contributed by atoms with E-state index in [9.17, 15) is 4.79 Å². The van der Waals surface area contributed by atoms with Gasteiger partial charge in [-0.2, -0.15) is 0 Å². The van der Waals surface area contributed by atoms with E-state index in [0.29, 0.717) is 13.2 Å². The van der Waals surface area contributed by atoms with Crippen LogP contribution in [0.15, 0.2) is 54.9 Å². The Labute approximate surface area is 113 Å². The van der Waals surface area contributed by atoms with Gasteiger partial charge in [0.25, 0.3) is 0 Å². The van der Waals surface area contributed by atoms with Gasteiger partial charge in [-0.05, 0) is 17.7 Å². The molecular weight excluding hydrogens is 240 g/mol. The Morgan fingerprint density at radius 2 is 1.89 bits per heavy atom. The molecule has 1 atom stereocenters. The maximum Gasteiger partial charge on any atom is 0.310 e. The van der Waals surface area contributed by atoms with Gasteiger partial charge in [0.05, 0.1) is 5.92 Å². The largest absolute Gasteiger partial charge is 0.461 e. The zero-order valence-corrected chi connectivity index (χ0v) is 11.0. The number of hydrogen-bond donors (Lipinski definition) is 1. The predicted molar refractivity (Wildman–Crippen MR) is 74.1 cm³/mol. The summed E-state index contributed by atoms with van der Waals surface area (Å²) in [7, 11) is 0. The zero-order chi connectivity index (χ0) is 13.5. The Morgan fingerprint density at radius 1 is 1.21 bits per heavy atom. The molecule has 19 heavy (non-hydrogen) atoms. The summed E-state index contributed by atoms with van der Waals surface area (Å²) in [6, 6.07) is 13.5. The Morgan fingerprint density at radius 3 is 2.58 bits per heavy atom. The maximum atomic E-state index is 11.8. The molecule has 1 heterocycles. The zero-order valence-electron chi connectivity index (χ0n) is 11.0. The molecule has 0 fully saturated rings. The quantitative estimate of drug-likeness (QED) is 0.809. The van der Waals surface area contributed by atoms with Crippen LogP contribution in [0.3, 0.4) is 0 Å². The first-order chi connectivity index (χ1) is 9.25.